The van der Waals surface area contributed by atoms with Crippen molar-refractivity contribution in [3.8, 4) is 0 Å². The van der Waals surface area contributed by atoms with Crippen molar-refractivity contribution in [2.24, 2.45) is 17.8 Å². The van der Waals surface area contributed by atoms with Crippen molar-refractivity contribution in [3.63, 3.8) is 0 Å². The number of hydrogen-bond acceptors (Lipinski definition) is 15. The molecule has 0 aromatic heterocycles. The molecule has 0 fully saturated rings. The van der Waals surface area contributed by atoms with E-state index >= 15 is 0 Å². The molecule has 0 spiro atoms. The van der Waals surface area contributed by atoms with Crippen LogP contribution in [0.1, 0.15) is 280 Å². The molecular formula is C59H114O17P2. The van der Waals surface area contributed by atoms with Gasteiger partial charge in [-0.1, -0.05) is 228 Å². The van der Waals surface area contributed by atoms with Gasteiger partial charge >= 0.3 is 39.5 Å². The monoisotopic (exact) mass is 1160 g/mol. The summed E-state index contributed by atoms with van der Waals surface area (Å²) in [6.07, 6.45) is 29.8. The summed E-state index contributed by atoms with van der Waals surface area (Å²) < 4.78 is 67.7. The van der Waals surface area contributed by atoms with E-state index in [2.05, 4.69) is 48.5 Å². The number of aliphatic hydroxyl groups excluding tert-OH is 1. The zero-order chi connectivity index (χ0) is 58.1. The van der Waals surface area contributed by atoms with E-state index in [0.29, 0.717) is 43.4 Å². The molecule has 0 aliphatic heterocycles. The highest BCUT2D eigenvalue weighted by Crippen LogP contribution is 2.45. The molecule has 0 saturated carbocycles. The van der Waals surface area contributed by atoms with Crippen LogP contribution in [0.2, 0.25) is 0 Å². The molecule has 19 heteroatoms. The lowest BCUT2D eigenvalue weighted by Gasteiger charge is -2.21. The van der Waals surface area contributed by atoms with Crippen molar-refractivity contribution in [3.05, 3.63) is 0 Å². The van der Waals surface area contributed by atoms with Gasteiger partial charge in [-0.05, 0) is 43.4 Å². The van der Waals surface area contributed by atoms with E-state index < -0.39 is 97.5 Å². The molecule has 0 aliphatic rings. The second-order valence-electron chi connectivity index (χ2n) is 22.8. The number of ether oxygens (including phenoxy) is 4. The van der Waals surface area contributed by atoms with E-state index in [4.69, 9.17) is 37.0 Å². The van der Waals surface area contributed by atoms with E-state index in [0.717, 1.165) is 96.3 Å². The van der Waals surface area contributed by atoms with Gasteiger partial charge in [0.05, 0.1) is 26.4 Å². The number of rotatable bonds is 57. The van der Waals surface area contributed by atoms with Crippen LogP contribution >= 0.6 is 15.6 Å². The lowest BCUT2D eigenvalue weighted by Crippen LogP contribution is -2.30. The molecule has 0 saturated heterocycles. The molecule has 78 heavy (non-hydrogen) atoms. The predicted molar refractivity (Wildman–Crippen MR) is 308 cm³/mol. The molecule has 0 rings (SSSR count). The second-order valence-corrected chi connectivity index (χ2v) is 25.7. The minimum atomic E-state index is -4.94. The molecule has 5 atom stereocenters. The molecule has 0 heterocycles. The van der Waals surface area contributed by atoms with Crippen molar-refractivity contribution in [2.75, 3.05) is 39.6 Å². The maximum Gasteiger partial charge on any atom is 0.472 e. The number of aliphatic hydroxyl groups is 1. The Labute approximate surface area is 473 Å². The smallest absolute Gasteiger partial charge is 0.462 e. The second kappa shape index (κ2) is 50.8. The predicted octanol–water partition coefficient (Wildman–Crippen LogP) is 15.6. The van der Waals surface area contributed by atoms with Crippen molar-refractivity contribution < 1.29 is 80.2 Å². The zero-order valence-corrected chi connectivity index (χ0v) is 51.9. The van der Waals surface area contributed by atoms with E-state index in [1.54, 1.807) is 0 Å². The highest BCUT2D eigenvalue weighted by Gasteiger charge is 2.30. The van der Waals surface area contributed by atoms with E-state index in [-0.39, 0.29) is 25.7 Å². The number of phosphoric acid groups is 2. The van der Waals surface area contributed by atoms with Crippen LogP contribution in [-0.4, -0.2) is 96.7 Å². The van der Waals surface area contributed by atoms with Gasteiger partial charge in [-0.2, -0.15) is 0 Å². The molecule has 17 nitrogen and oxygen atoms in total. The van der Waals surface area contributed by atoms with Crippen LogP contribution in [0.3, 0.4) is 0 Å². The molecular weight excluding hydrogens is 1040 g/mol. The maximum absolute atomic E-state index is 12.9. The Balaban J connectivity index is 5.24. The fourth-order valence-electron chi connectivity index (χ4n) is 8.60. The van der Waals surface area contributed by atoms with Crippen molar-refractivity contribution >= 4 is 39.5 Å². The quantitative estimate of drug-likeness (QED) is 0.0222. The van der Waals surface area contributed by atoms with Gasteiger partial charge in [0.2, 0.25) is 0 Å². The third-order valence-electron chi connectivity index (χ3n) is 13.4. The van der Waals surface area contributed by atoms with Gasteiger partial charge < -0.3 is 33.8 Å². The van der Waals surface area contributed by atoms with Crippen LogP contribution in [0.5, 0.6) is 0 Å². The van der Waals surface area contributed by atoms with Gasteiger partial charge in [-0.3, -0.25) is 37.3 Å². The minimum absolute atomic E-state index is 0.100. The van der Waals surface area contributed by atoms with Crippen LogP contribution in [0, 0.1) is 17.8 Å². The van der Waals surface area contributed by atoms with E-state index in [9.17, 15) is 43.2 Å². The van der Waals surface area contributed by atoms with E-state index in [1.165, 1.54) is 83.5 Å². The van der Waals surface area contributed by atoms with Gasteiger partial charge in [0, 0.05) is 25.7 Å². The number of hydrogen-bond donors (Lipinski definition) is 3. The van der Waals surface area contributed by atoms with Crippen LogP contribution in [0.15, 0.2) is 0 Å². The lowest BCUT2D eigenvalue weighted by molar-refractivity contribution is -0.161. The van der Waals surface area contributed by atoms with Crippen molar-refractivity contribution in [1.29, 1.82) is 0 Å². The Hall–Kier alpha value is -1.94. The Kier molecular flexibility index (Phi) is 49.5. The molecule has 0 amide bonds. The number of carbonyl (C=O) groups is 4. The van der Waals surface area contributed by atoms with Gasteiger partial charge in [0.1, 0.15) is 19.3 Å². The summed E-state index contributed by atoms with van der Waals surface area (Å²) in [4.78, 5) is 71.8. The van der Waals surface area contributed by atoms with Crippen LogP contribution in [0.4, 0.5) is 0 Å². The number of phosphoric ester groups is 2. The zero-order valence-electron chi connectivity index (χ0n) is 50.1. The largest absolute Gasteiger partial charge is 0.472 e. The first-order valence-corrected chi connectivity index (χ1v) is 33.8. The first-order chi connectivity index (χ1) is 37.2. The Morgan fingerprint density at radius 2 is 0.590 bits per heavy atom. The Bertz CT molecular complexity index is 1560. The summed E-state index contributed by atoms with van der Waals surface area (Å²) in [7, 11) is -9.87. The molecule has 3 N–H and O–H groups in total. The first kappa shape index (κ1) is 76.1. The summed E-state index contributed by atoms with van der Waals surface area (Å²) in [5.41, 5.74) is 0. The fourth-order valence-corrected chi connectivity index (χ4v) is 10.2. The summed E-state index contributed by atoms with van der Waals surface area (Å²) in [6, 6.07) is 0. The number of esters is 4. The highest BCUT2D eigenvalue weighted by atomic mass is 31.2. The summed E-state index contributed by atoms with van der Waals surface area (Å²) >= 11 is 0. The van der Waals surface area contributed by atoms with Crippen molar-refractivity contribution in [1.82, 2.24) is 0 Å². The van der Waals surface area contributed by atoms with Crippen LogP contribution < -0.4 is 0 Å². The Morgan fingerprint density at radius 1 is 0.346 bits per heavy atom. The molecule has 0 aromatic carbocycles. The van der Waals surface area contributed by atoms with Crippen LogP contribution in [-0.2, 0) is 65.4 Å². The third-order valence-corrected chi connectivity index (χ3v) is 15.3. The first-order valence-electron chi connectivity index (χ1n) is 30.8. The lowest BCUT2D eigenvalue weighted by atomic mass is 10.0. The average molecular weight is 1160 g/mol. The van der Waals surface area contributed by atoms with Gasteiger partial charge in [0.15, 0.2) is 12.2 Å². The molecule has 0 aliphatic carbocycles. The fraction of sp³-hybridized carbons (Fsp3) is 0.932. The van der Waals surface area contributed by atoms with Gasteiger partial charge in [-0.25, -0.2) is 9.13 Å². The minimum Gasteiger partial charge on any atom is -0.462 e. The highest BCUT2D eigenvalue weighted by molar-refractivity contribution is 7.47. The number of unbranched alkanes of at least 4 members (excludes halogenated alkanes) is 25. The molecule has 462 valence electrons. The molecule has 2 unspecified atom stereocenters. The normalized spacial score (nSPS) is 14.5. The molecule has 0 radical (unpaired) electrons. The van der Waals surface area contributed by atoms with Gasteiger partial charge in [-0.15, -0.1) is 0 Å². The SMILES string of the molecule is CCCCCCCCCCCCC(=O)OC[C@H](COP(=O)(O)OC[C@@H](O)COP(=O)(O)OC[C@@H](COC(=O)CCCCCCCCC(C)C)OC(=O)CCCCCCCCC(C)C)OC(=O)CCCCCCCCCC(C)C. The van der Waals surface area contributed by atoms with E-state index in [1.807, 2.05) is 0 Å². The maximum atomic E-state index is 12.9. The van der Waals surface area contributed by atoms with Crippen molar-refractivity contribution in [2.45, 2.75) is 298 Å². The standard InChI is InChI=1S/C59H114O17P2/c1-8-9-10-11-12-13-14-17-26-33-40-56(61)69-46-54(75-58(63)42-35-28-18-15-16-23-30-37-50(2)3)48-73-77(65,66)71-44-53(60)45-72-78(67,68)74-49-55(76-59(64)43-36-29-22-20-25-32-39-52(6)7)47-70-57(62)41-34-27-21-19-24-31-38-51(4)5/h50-55,60H,8-49H2,1-7H3,(H,65,66)(H,67,68)/t53-,54-,55-/m1/s1. The third kappa shape index (κ3) is 53.4. The molecule has 0 bridgehead atoms. The number of carbonyl (C=O) groups excluding carboxylic acids is 4. The summed E-state index contributed by atoms with van der Waals surface area (Å²) in [5, 5.41) is 10.5. The summed E-state index contributed by atoms with van der Waals surface area (Å²) in [6.45, 7) is 11.5. The Morgan fingerprint density at radius 3 is 0.872 bits per heavy atom. The van der Waals surface area contributed by atoms with Crippen LogP contribution in [0.25, 0.3) is 0 Å². The summed E-state index contributed by atoms with van der Waals surface area (Å²) in [5.74, 6) is -0.106. The van der Waals surface area contributed by atoms with Gasteiger partial charge in [0.25, 0.3) is 0 Å². The molecule has 0 aromatic rings. The average Bonchev–Trinajstić information content (AvgIpc) is 3.38. The topological polar surface area (TPSA) is 237 Å².